The van der Waals surface area contributed by atoms with Crippen molar-refractivity contribution in [3.05, 3.63) is 51.4 Å². The van der Waals surface area contributed by atoms with Crippen LogP contribution in [0.5, 0.6) is 0 Å². The molecule has 4 nitrogen and oxygen atoms in total. The lowest BCUT2D eigenvalue weighted by molar-refractivity contribution is 0.0695. The Morgan fingerprint density at radius 2 is 2.05 bits per heavy atom. The van der Waals surface area contributed by atoms with E-state index in [0.717, 1.165) is 6.07 Å². The summed E-state index contributed by atoms with van der Waals surface area (Å²) in [7, 11) is 0. The van der Waals surface area contributed by atoms with Crippen molar-refractivity contribution in [2.24, 2.45) is 0 Å². The monoisotopic (exact) mass is 345 g/mol. The molecule has 2 N–H and O–H groups in total. The van der Waals surface area contributed by atoms with E-state index in [1.54, 1.807) is 0 Å². The zero-order chi connectivity index (χ0) is 14.9. The molecule has 0 radical (unpaired) electrons. The van der Waals surface area contributed by atoms with Crippen molar-refractivity contribution >= 4 is 27.6 Å². The number of anilines is 1. The van der Waals surface area contributed by atoms with E-state index in [4.69, 9.17) is 9.52 Å². The van der Waals surface area contributed by atoms with Gasteiger partial charge in [0, 0.05) is 6.07 Å². The molecule has 0 spiro atoms. The van der Waals surface area contributed by atoms with E-state index in [-0.39, 0.29) is 28.0 Å². The molecule has 1 heterocycles. The Kier molecular flexibility index (Phi) is 4.08. The van der Waals surface area contributed by atoms with E-state index in [0.29, 0.717) is 5.76 Å². The van der Waals surface area contributed by atoms with E-state index < -0.39 is 17.6 Å². The van der Waals surface area contributed by atoms with Crippen molar-refractivity contribution in [3.63, 3.8) is 0 Å². The summed E-state index contributed by atoms with van der Waals surface area (Å²) in [5.41, 5.74) is 0.145. The fourth-order valence-corrected chi connectivity index (χ4v) is 2.03. The number of furan rings is 1. The third-order valence-electron chi connectivity index (χ3n) is 2.66. The molecular formula is C13H10BrF2NO3. The average Bonchev–Trinajstić information content (AvgIpc) is 2.74. The smallest absolute Gasteiger partial charge is 0.339 e. The Morgan fingerprint density at radius 3 is 2.65 bits per heavy atom. The van der Waals surface area contributed by atoms with Crippen LogP contribution >= 0.6 is 15.9 Å². The molecule has 0 bridgehead atoms. The number of carboxylic acids is 1. The molecule has 20 heavy (non-hydrogen) atoms. The van der Waals surface area contributed by atoms with Crippen molar-refractivity contribution in [2.45, 2.75) is 13.5 Å². The van der Waals surface area contributed by atoms with Crippen LogP contribution in [0.2, 0.25) is 0 Å². The normalized spacial score (nSPS) is 10.6. The lowest BCUT2D eigenvalue weighted by Crippen LogP contribution is -2.01. The van der Waals surface area contributed by atoms with E-state index in [2.05, 4.69) is 21.2 Å². The SMILES string of the molecule is Cc1oc(CNc2cc(Br)c(F)cc2F)cc1C(=O)O. The molecule has 7 heteroatoms. The molecule has 0 saturated heterocycles. The van der Waals surface area contributed by atoms with Gasteiger partial charge >= 0.3 is 5.97 Å². The van der Waals surface area contributed by atoms with E-state index in [1.807, 2.05) is 0 Å². The molecule has 2 aromatic rings. The first-order chi connectivity index (χ1) is 9.38. The molecule has 1 aromatic heterocycles. The van der Waals surface area contributed by atoms with Crippen molar-refractivity contribution in [1.82, 2.24) is 0 Å². The van der Waals surface area contributed by atoms with E-state index in [1.165, 1.54) is 19.1 Å². The second-order valence-corrected chi connectivity index (χ2v) is 4.94. The fraction of sp³-hybridized carbons (Fsp3) is 0.154. The third-order valence-corrected chi connectivity index (χ3v) is 3.27. The third kappa shape index (κ3) is 2.98. The molecule has 0 aliphatic heterocycles. The second-order valence-electron chi connectivity index (χ2n) is 4.09. The second kappa shape index (κ2) is 5.62. The van der Waals surface area contributed by atoms with Gasteiger partial charge in [0.15, 0.2) is 0 Å². The highest BCUT2D eigenvalue weighted by atomic mass is 79.9. The average molecular weight is 346 g/mol. The predicted octanol–water partition coefficient (Wildman–Crippen LogP) is 3.94. The highest BCUT2D eigenvalue weighted by molar-refractivity contribution is 9.10. The van der Waals surface area contributed by atoms with Gasteiger partial charge in [-0.05, 0) is 35.0 Å². The van der Waals surface area contributed by atoms with Gasteiger partial charge in [-0.2, -0.15) is 0 Å². The van der Waals surface area contributed by atoms with E-state index >= 15 is 0 Å². The molecule has 0 aliphatic carbocycles. The highest BCUT2D eigenvalue weighted by Crippen LogP contribution is 2.24. The number of aromatic carboxylic acids is 1. The van der Waals surface area contributed by atoms with Crippen LogP contribution in [0, 0.1) is 18.6 Å². The Hall–Kier alpha value is -1.89. The quantitative estimate of drug-likeness (QED) is 0.824. The summed E-state index contributed by atoms with van der Waals surface area (Å²) in [6.45, 7) is 1.62. The molecule has 0 saturated carbocycles. The minimum Gasteiger partial charge on any atom is -0.478 e. The summed E-state index contributed by atoms with van der Waals surface area (Å²) in [6, 6.07) is 3.38. The molecular weight excluding hydrogens is 336 g/mol. The molecule has 0 aliphatic rings. The number of nitrogens with one attached hydrogen (secondary N) is 1. The molecule has 1 aromatic carbocycles. The first kappa shape index (κ1) is 14.5. The molecule has 0 amide bonds. The molecule has 0 atom stereocenters. The number of benzene rings is 1. The summed E-state index contributed by atoms with van der Waals surface area (Å²) in [5, 5.41) is 11.6. The lowest BCUT2D eigenvalue weighted by atomic mass is 10.2. The van der Waals surface area contributed by atoms with Crippen LogP contribution in [0.1, 0.15) is 21.9 Å². The van der Waals surface area contributed by atoms with Crippen molar-refractivity contribution in [1.29, 1.82) is 0 Å². The summed E-state index contributed by atoms with van der Waals surface area (Å²) in [5.74, 6) is -1.91. The van der Waals surface area contributed by atoms with Gasteiger partial charge in [0.05, 0.1) is 16.7 Å². The molecule has 0 fully saturated rings. The van der Waals surface area contributed by atoms with Gasteiger partial charge in [-0.1, -0.05) is 0 Å². The standard InChI is InChI=1S/C13H10BrF2NO3/c1-6-8(13(18)19)2-7(20-6)5-17-12-3-9(14)10(15)4-11(12)16/h2-4,17H,5H2,1H3,(H,18,19). The van der Waals surface area contributed by atoms with Gasteiger partial charge in [-0.15, -0.1) is 0 Å². The number of rotatable bonds is 4. The van der Waals surface area contributed by atoms with Gasteiger partial charge in [0.1, 0.15) is 28.7 Å². The summed E-state index contributed by atoms with van der Waals surface area (Å²) >= 11 is 2.96. The van der Waals surface area contributed by atoms with Crippen LogP contribution in [0.3, 0.4) is 0 Å². The predicted molar refractivity (Wildman–Crippen MR) is 71.8 cm³/mol. The van der Waals surface area contributed by atoms with E-state index in [9.17, 15) is 13.6 Å². The largest absolute Gasteiger partial charge is 0.478 e. The van der Waals surface area contributed by atoms with Crippen LogP contribution in [-0.2, 0) is 6.54 Å². The molecule has 2 rings (SSSR count). The Balaban J connectivity index is 2.15. The number of carboxylic acid groups (broad SMARTS) is 1. The Morgan fingerprint density at radius 1 is 1.35 bits per heavy atom. The van der Waals surface area contributed by atoms with Crippen LogP contribution in [0.15, 0.2) is 27.1 Å². The lowest BCUT2D eigenvalue weighted by Gasteiger charge is -2.07. The van der Waals surface area contributed by atoms with Gasteiger partial charge in [-0.3, -0.25) is 0 Å². The van der Waals surface area contributed by atoms with Crippen molar-refractivity contribution < 1.29 is 23.1 Å². The summed E-state index contributed by atoms with van der Waals surface area (Å²) in [4.78, 5) is 10.9. The minimum absolute atomic E-state index is 0.0579. The first-order valence-corrected chi connectivity index (χ1v) is 6.39. The Labute approximate surface area is 121 Å². The maximum absolute atomic E-state index is 13.5. The fourth-order valence-electron chi connectivity index (χ4n) is 1.68. The highest BCUT2D eigenvalue weighted by Gasteiger charge is 2.14. The maximum atomic E-state index is 13.5. The maximum Gasteiger partial charge on any atom is 0.339 e. The number of hydrogen-bond acceptors (Lipinski definition) is 3. The van der Waals surface area contributed by atoms with Crippen LogP contribution in [-0.4, -0.2) is 11.1 Å². The first-order valence-electron chi connectivity index (χ1n) is 5.59. The topological polar surface area (TPSA) is 62.5 Å². The van der Waals surface area contributed by atoms with Crippen molar-refractivity contribution in [3.8, 4) is 0 Å². The number of carbonyl (C=O) groups is 1. The zero-order valence-electron chi connectivity index (χ0n) is 10.3. The number of halogens is 3. The van der Waals surface area contributed by atoms with Crippen molar-refractivity contribution in [2.75, 3.05) is 5.32 Å². The molecule has 106 valence electrons. The number of hydrogen-bond donors (Lipinski definition) is 2. The summed E-state index contributed by atoms with van der Waals surface area (Å²) < 4.78 is 31.9. The zero-order valence-corrected chi connectivity index (χ0v) is 11.9. The number of aryl methyl sites for hydroxylation is 1. The van der Waals surface area contributed by atoms with Crippen LogP contribution in [0.25, 0.3) is 0 Å². The molecule has 0 unspecified atom stereocenters. The van der Waals surface area contributed by atoms with Gasteiger partial charge in [0.2, 0.25) is 0 Å². The van der Waals surface area contributed by atoms with Gasteiger partial charge < -0.3 is 14.8 Å². The Bertz CT molecular complexity index is 670. The minimum atomic E-state index is -1.09. The van der Waals surface area contributed by atoms with Crippen LogP contribution in [0.4, 0.5) is 14.5 Å². The van der Waals surface area contributed by atoms with Gasteiger partial charge in [-0.25, -0.2) is 13.6 Å². The van der Waals surface area contributed by atoms with Gasteiger partial charge in [0.25, 0.3) is 0 Å². The summed E-state index contributed by atoms with van der Waals surface area (Å²) in [6.07, 6.45) is 0. The van der Waals surface area contributed by atoms with Crippen LogP contribution < -0.4 is 5.32 Å².